The molecule has 1 aliphatic heterocycles. The second-order valence-electron chi connectivity index (χ2n) is 8.10. The third kappa shape index (κ3) is 4.67. The zero-order valence-corrected chi connectivity index (χ0v) is 17.6. The lowest BCUT2D eigenvalue weighted by atomic mass is 9.77. The number of piperidine rings is 1. The molecular formula is C22H29N5S. The van der Waals surface area contributed by atoms with Crippen LogP contribution in [0.15, 0.2) is 60.1 Å². The summed E-state index contributed by atoms with van der Waals surface area (Å²) >= 11 is 1.80. The first kappa shape index (κ1) is 19.3. The third-order valence-corrected chi connectivity index (χ3v) is 6.83. The summed E-state index contributed by atoms with van der Waals surface area (Å²) in [6.45, 7) is 5.77. The smallest absolute Gasteiger partial charge is 0.133 e. The van der Waals surface area contributed by atoms with Crippen LogP contribution >= 0.6 is 11.9 Å². The first-order valence-corrected chi connectivity index (χ1v) is 10.9. The molecule has 1 saturated heterocycles. The van der Waals surface area contributed by atoms with E-state index in [0.29, 0.717) is 5.41 Å². The monoisotopic (exact) mass is 395 g/mol. The van der Waals surface area contributed by atoms with Crippen LogP contribution in [0.5, 0.6) is 0 Å². The minimum absolute atomic E-state index is 0.439. The molecule has 0 radical (unpaired) electrons. The molecule has 0 atom stereocenters. The molecular weight excluding hydrogens is 366 g/mol. The molecule has 0 N–H and O–H groups in total. The summed E-state index contributed by atoms with van der Waals surface area (Å²) in [5, 5.41) is 5.58. The highest BCUT2D eigenvalue weighted by Crippen LogP contribution is 2.38. The van der Waals surface area contributed by atoms with Crippen molar-refractivity contribution in [3.8, 4) is 11.3 Å². The van der Waals surface area contributed by atoms with Crippen molar-refractivity contribution < 1.29 is 0 Å². The van der Waals surface area contributed by atoms with Crippen LogP contribution in [0.4, 0.5) is 0 Å². The van der Waals surface area contributed by atoms with Crippen molar-refractivity contribution in [3.63, 3.8) is 0 Å². The summed E-state index contributed by atoms with van der Waals surface area (Å²) in [6, 6.07) is 12.6. The Labute approximate surface area is 171 Å². The Morgan fingerprint density at radius 3 is 2.61 bits per heavy atom. The van der Waals surface area contributed by atoms with Gasteiger partial charge in [-0.1, -0.05) is 37.3 Å². The Balaban J connectivity index is 1.26. The van der Waals surface area contributed by atoms with E-state index in [1.165, 1.54) is 36.9 Å². The van der Waals surface area contributed by atoms with Crippen LogP contribution in [0, 0.1) is 5.41 Å². The van der Waals surface area contributed by atoms with Gasteiger partial charge >= 0.3 is 0 Å². The van der Waals surface area contributed by atoms with E-state index in [2.05, 4.69) is 62.3 Å². The first-order valence-electron chi connectivity index (χ1n) is 10.1. The molecule has 0 spiro atoms. The molecule has 148 valence electrons. The molecule has 1 aromatic carbocycles. The van der Waals surface area contributed by atoms with E-state index in [-0.39, 0.29) is 0 Å². The normalized spacial score (nSPS) is 17.1. The molecule has 0 saturated carbocycles. The molecule has 0 aliphatic carbocycles. The Morgan fingerprint density at radius 1 is 1.11 bits per heavy atom. The third-order valence-electron chi connectivity index (χ3n) is 5.80. The summed E-state index contributed by atoms with van der Waals surface area (Å²) in [5.74, 6) is 0. The number of rotatable bonds is 7. The second-order valence-corrected chi connectivity index (χ2v) is 9.22. The Kier molecular flexibility index (Phi) is 5.87. The summed E-state index contributed by atoms with van der Waals surface area (Å²) in [7, 11) is 1.97. The van der Waals surface area contributed by atoms with Gasteiger partial charge < -0.3 is 4.57 Å². The van der Waals surface area contributed by atoms with Crippen molar-refractivity contribution in [2.75, 3.05) is 13.1 Å². The fourth-order valence-corrected chi connectivity index (χ4v) is 4.88. The molecule has 3 heterocycles. The molecule has 0 bridgehead atoms. The number of imidazole rings is 1. The molecule has 5 nitrogen and oxygen atoms in total. The average molecular weight is 396 g/mol. The van der Waals surface area contributed by atoms with E-state index < -0.39 is 0 Å². The van der Waals surface area contributed by atoms with Crippen molar-refractivity contribution in [1.29, 1.82) is 0 Å². The molecule has 0 amide bonds. The number of aryl methyl sites for hydroxylation is 2. The number of hydrogen-bond acceptors (Lipinski definition) is 4. The van der Waals surface area contributed by atoms with Gasteiger partial charge in [0.2, 0.25) is 0 Å². The predicted molar refractivity (Wildman–Crippen MR) is 115 cm³/mol. The van der Waals surface area contributed by atoms with E-state index in [1.54, 1.807) is 11.9 Å². The van der Waals surface area contributed by atoms with Gasteiger partial charge in [0.15, 0.2) is 0 Å². The van der Waals surface area contributed by atoms with Gasteiger partial charge in [0.05, 0.1) is 18.2 Å². The quantitative estimate of drug-likeness (QED) is 0.535. The van der Waals surface area contributed by atoms with Crippen molar-refractivity contribution in [1.82, 2.24) is 23.6 Å². The van der Waals surface area contributed by atoms with E-state index in [0.717, 1.165) is 24.7 Å². The van der Waals surface area contributed by atoms with Crippen LogP contribution in [-0.2, 0) is 13.6 Å². The molecule has 4 rings (SSSR count). The molecule has 2 aromatic heterocycles. The standard InChI is InChI=1S/C22H29N5S/c1-22(11-15-27(16-12-22)28-21-9-14-25(2)24-21)10-6-13-26-18-23-17-20(26)19-7-4-3-5-8-19/h3-5,7-9,14,17-18H,6,10-13,15-16H2,1-2H3. The Hall–Kier alpha value is -2.05. The molecule has 1 aliphatic rings. The SMILES string of the molecule is Cn1ccc(SN2CCC(C)(CCCn3cncc3-c3ccccc3)CC2)n1. The number of aromatic nitrogens is 4. The minimum atomic E-state index is 0.439. The van der Waals surface area contributed by atoms with Gasteiger partial charge in [-0.25, -0.2) is 9.29 Å². The molecule has 6 heteroatoms. The lowest BCUT2D eigenvalue weighted by Crippen LogP contribution is -2.35. The highest BCUT2D eigenvalue weighted by molar-refractivity contribution is 7.97. The lowest BCUT2D eigenvalue weighted by molar-refractivity contribution is 0.163. The first-order chi connectivity index (χ1) is 13.6. The van der Waals surface area contributed by atoms with Crippen LogP contribution in [0.3, 0.4) is 0 Å². The topological polar surface area (TPSA) is 38.9 Å². The Bertz CT molecular complexity index is 877. The van der Waals surface area contributed by atoms with Crippen molar-refractivity contribution in [2.45, 2.75) is 44.2 Å². The molecule has 3 aromatic rings. The summed E-state index contributed by atoms with van der Waals surface area (Å²) < 4.78 is 6.63. The van der Waals surface area contributed by atoms with Crippen molar-refractivity contribution in [2.24, 2.45) is 12.5 Å². The van der Waals surface area contributed by atoms with Crippen LogP contribution in [-0.4, -0.2) is 36.7 Å². The highest BCUT2D eigenvalue weighted by Gasteiger charge is 2.30. The zero-order chi connectivity index (χ0) is 19.4. The summed E-state index contributed by atoms with van der Waals surface area (Å²) in [5.41, 5.74) is 2.90. The lowest BCUT2D eigenvalue weighted by Gasteiger charge is -2.38. The maximum absolute atomic E-state index is 4.48. The molecule has 0 unspecified atom stereocenters. The van der Waals surface area contributed by atoms with Gasteiger partial charge in [-0.15, -0.1) is 0 Å². The van der Waals surface area contributed by atoms with Gasteiger partial charge in [0, 0.05) is 32.9 Å². The molecule has 1 fully saturated rings. The van der Waals surface area contributed by atoms with Crippen molar-refractivity contribution >= 4 is 11.9 Å². The number of benzene rings is 1. The van der Waals surface area contributed by atoms with Gasteiger partial charge in [0.1, 0.15) is 5.03 Å². The van der Waals surface area contributed by atoms with Gasteiger partial charge in [-0.3, -0.25) is 4.68 Å². The second kappa shape index (κ2) is 8.53. The number of nitrogens with zero attached hydrogens (tertiary/aromatic N) is 5. The Morgan fingerprint density at radius 2 is 1.89 bits per heavy atom. The molecule has 28 heavy (non-hydrogen) atoms. The summed E-state index contributed by atoms with van der Waals surface area (Å²) in [6.07, 6.45) is 10.9. The van der Waals surface area contributed by atoms with E-state index in [4.69, 9.17) is 0 Å². The highest BCUT2D eigenvalue weighted by atomic mass is 32.2. The van der Waals surface area contributed by atoms with E-state index >= 15 is 0 Å². The van der Waals surface area contributed by atoms with Crippen LogP contribution in [0.25, 0.3) is 11.3 Å². The largest absolute Gasteiger partial charge is 0.331 e. The fraction of sp³-hybridized carbons (Fsp3) is 0.455. The summed E-state index contributed by atoms with van der Waals surface area (Å²) in [4.78, 5) is 4.38. The maximum atomic E-state index is 4.48. The average Bonchev–Trinajstić information content (AvgIpc) is 3.33. The minimum Gasteiger partial charge on any atom is -0.331 e. The fourth-order valence-electron chi connectivity index (χ4n) is 3.97. The van der Waals surface area contributed by atoms with Gasteiger partial charge in [0.25, 0.3) is 0 Å². The zero-order valence-electron chi connectivity index (χ0n) is 16.8. The van der Waals surface area contributed by atoms with E-state index in [9.17, 15) is 0 Å². The predicted octanol–water partition coefficient (Wildman–Crippen LogP) is 4.87. The van der Waals surface area contributed by atoms with E-state index in [1.807, 2.05) is 30.5 Å². The maximum Gasteiger partial charge on any atom is 0.133 e. The number of hydrogen-bond donors (Lipinski definition) is 0. The van der Waals surface area contributed by atoms with Crippen molar-refractivity contribution in [3.05, 3.63) is 55.1 Å². The van der Waals surface area contributed by atoms with Gasteiger partial charge in [-0.2, -0.15) is 5.10 Å². The van der Waals surface area contributed by atoms with Crippen LogP contribution in [0.1, 0.15) is 32.6 Å². The van der Waals surface area contributed by atoms with Crippen LogP contribution in [0.2, 0.25) is 0 Å². The van der Waals surface area contributed by atoms with Crippen LogP contribution < -0.4 is 0 Å². The van der Waals surface area contributed by atoms with Gasteiger partial charge in [-0.05, 0) is 54.7 Å².